The number of carbonyl (C=O) groups is 1. The summed E-state index contributed by atoms with van der Waals surface area (Å²) in [5.74, 6) is -1.35. The van der Waals surface area contributed by atoms with Crippen LogP contribution in [0.2, 0.25) is 0 Å². The lowest BCUT2D eigenvalue weighted by Crippen LogP contribution is -2.35. The van der Waals surface area contributed by atoms with Crippen LogP contribution in [0.3, 0.4) is 0 Å². The molecule has 21 heavy (non-hydrogen) atoms. The first-order chi connectivity index (χ1) is 9.88. The molecule has 116 valence electrons. The number of hydrogen-bond acceptors (Lipinski definition) is 1. The Morgan fingerprint density at radius 2 is 1.71 bits per heavy atom. The Balaban J connectivity index is 2.10. The molecule has 2 amide bonds. The second kappa shape index (κ2) is 6.32. The number of nitrogens with one attached hydrogen (secondary N) is 1. The van der Waals surface area contributed by atoms with E-state index in [1.165, 1.54) is 0 Å². The van der Waals surface area contributed by atoms with E-state index in [1.807, 2.05) is 0 Å². The summed E-state index contributed by atoms with van der Waals surface area (Å²) in [6.07, 6.45) is -0.945. The van der Waals surface area contributed by atoms with Crippen LogP contribution in [-0.4, -0.2) is 24.0 Å². The summed E-state index contributed by atoms with van der Waals surface area (Å²) in [6, 6.07) is 2.00. The van der Waals surface area contributed by atoms with Crippen molar-refractivity contribution in [2.45, 2.75) is 31.9 Å². The molecule has 3 nitrogen and oxygen atoms in total. The molecule has 1 fully saturated rings. The number of likely N-dealkylation sites (tertiary alicyclic amines) is 1. The molecule has 1 aliphatic heterocycles. The van der Waals surface area contributed by atoms with Gasteiger partial charge >= 0.3 is 12.2 Å². The van der Waals surface area contributed by atoms with E-state index in [0.717, 1.165) is 31.7 Å². The lowest BCUT2D eigenvalue weighted by atomic mass is 10.2. The van der Waals surface area contributed by atoms with Crippen molar-refractivity contribution in [2.75, 3.05) is 18.4 Å². The maximum atomic E-state index is 13.2. The van der Waals surface area contributed by atoms with Crippen LogP contribution in [0.15, 0.2) is 18.2 Å². The first-order valence-electron chi connectivity index (χ1n) is 6.80. The van der Waals surface area contributed by atoms with Crippen LogP contribution in [0.1, 0.15) is 31.2 Å². The van der Waals surface area contributed by atoms with E-state index in [-0.39, 0.29) is 5.69 Å². The fourth-order valence-electron chi connectivity index (χ4n) is 2.30. The molecule has 1 aromatic carbocycles. The summed E-state index contributed by atoms with van der Waals surface area (Å²) in [6.45, 7) is 1.16. The minimum Gasteiger partial charge on any atom is -0.325 e. The molecule has 0 saturated carbocycles. The number of benzene rings is 1. The van der Waals surface area contributed by atoms with Crippen molar-refractivity contribution in [3.63, 3.8) is 0 Å². The van der Waals surface area contributed by atoms with Gasteiger partial charge in [-0.1, -0.05) is 12.8 Å². The SMILES string of the molecule is O=C(Nc1ccc(F)c(C(F)(F)F)c1)N1CCCCCC1. The second-order valence-corrected chi connectivity index (χ2v) is 5.02. The summed E-state index contributed by atoms with van der Waals surface area (Å²) in [7, 11) is 0. The van der Waals surface area contributed by atoms with Crippen LogP contribution in [0.25, 0.3) is 0 Å². The normalized spacial score (nSPS) is 16.5. The van der Waals surface area contributed by atoms with E-state index in [9.17, 15) is 22.4 Å². The van der Waals surface area contributed by atoms with Gasteiger partial charge in [0.25, 0.3) is 0 Å². The van der Waals surface area contributed by atoms with Crippen LogP contribution in [0.5, 0.6) is 0 Å². The molecule has 1 N–H and O–H groups in total. The number of carbonyl (C=O) groups excluding carboxylic acids is 1. The Kier molecular flexibility index (Phi) is 4.69. The Bertz CT molecular complexity index is 508. The number of hydrogen-bond donors (Lipinski definition) is 1. The van der Waals surface area contributed by atoms with E-state index in [1.54, 1.807) is 4.90 Å². The first kappa shape index (κ1) is 15.6. The highest BCUT2D eigenvalue weighted by molar-refractivity contribution is 5.89. The largest absolute Gasteiger partial charge is 0.419 e. The zero-order valence-corrected chi connectivity index (χ0v) is 11.3. The van der Waals surface area contributed by atoms with Gasteiger partial charge in [0, 0.05) is 18.8 Å². The van der Waals surface area contributed by atoms with Gasteiger partial charge in [0.15, 0.2) is 0 Å². The number of anilines is 1. The highest BCUT2D eigenvalue weighted by atomic mass is 19.4. The molecule has 1 saturated heterocycles. The third-order valence-corrected chi connectivity index (χ3v) is 3.42. The number of amides is 2. The Hall–Kier alpha value is -1.79. The van der Waals surface area contributed by atoms with Crippen molar-refractivity contribution in [1.82, 2.24) is 4.90 Å². The van der Waals surface area contributed by atoms with Crippen molar-refractivity contribution < 1.29 is 22.4 Å². The number of alkyl halides is 3. The van der Waals surface area contributed by atoms with Gasteiger partial charge in [-0.2, -0.15) is 13.2 Å². The molecular formula is C14H16F4N2O. The van der Waals surface area contributed by atoms with Gasteiger partial charge in [-0.3, -0.25) is 0 Å². The highest BCUT2D eigenvalue weighted by Gasteiger charge is 2.34. The smallest absolute Gasteiger partial charge is 0.325 e. The van der Waals surface area contributed by atoms with E-state index in [0.29, 0.717) is 25.2 Å². The lowest BCUT2D eigenvalue weighted by Gasteiger charge is -2.21. The van der Waals surface area contributed by atoms with E-state index < -0.39 is 23.6 Å². The molecular weight excluding hydrogens is 288 g/mol. The van der Waals surface area contributed by atoms with Crippen molar-refractivity contribution in [3.05, 3.63) is 29.6 Å². The van der Waals surface area contributed by atoms with Crippen LogP contribution < -0.4 is 5.32 Å². The molecule has 2 rings (SSSR count). The molecule has 0 aromatic heterocycles. The standard InChI is InChI=1S/C14H16F4N2O/c15-12-6-5-10(9-11(12)14(16,17)18)19-13(21)20-7-3-1-2-4-8-20/h5-6,9H,1-4,7-8H2,(H,19,21). The summed E-state index contributed by atoms with van der Waals surface area (Å²) in [5, 5.41) is 2.40. The average Bonchev–Trinajstić information content (AvgIpc) is 2.68. The predicted octanol–water partition coefficient (Wildman–Crippen LogP) is 4.25. The minimum absolute atomic E-state index is 0.0574. The van der Waals surface area contributed by atoms with E-state index >= 15 is 0 Å². The Morgan fingerprint density at radius 3 is 2.29 bits per heavy atom. The summed E-state index contributed by atoms with van der Waals surface area (Å²) < 4.78 is 51.0. The zero-order chi connectivity index (χ0) is 15.5. The van der Waals surface area contributed by atoms with Gasteiger partial charge in [-0.25, -0.2) is 9.18 Å². The molecule has 0 atom stereocenters. The Labute approximate surface area is 119 Å². The lowest BCUT2D eigenvalue weighted by molar-refractivity contribution is -0.139. The molecule has 1 aliphatic rings. The number of urea groups is 1. The maximum absolute atomic E-state index is 13.2. The summed E-state index contributed by atoms with van der Waals surface area (Å²) >= 11 is 0. The van der Waals surface area contributed by atoms with Gasteiger partial charge in [0.05, 0.1) is 5.56 Å². The minimum atomic E-state index is -4.78. The molecule has 0 bridgehead atoms. The molecule has 0 spiro atoms. The fourth-order valence-corrected chi connectivity index (χ4v) is 2.30. The second-order valence-electron chi connectivity index (χ2n) is 5.02. The predicted molar refractivity (Wildman–Crippen MR) is 70.5 cm³/mol. The van der Waals surface area contributed by atoms with Crippen LogP contribution in [-0.2, 0) is 6.18 Å². The molecule has 7 heteroatoms. The van der Waals surface area contributed by atoms with E-state index in [4.69, 9.17) is 0 Å². The van der Waals surface area contributed by atoms with Crippen LogP contribution in [0.4, 0.5) is 28.0 Å². The molecule has 0 radical (unpaired) electrons. The third-order valence-electron chi connectivity index (χ3n) is 3.42. The molecule has 1 heterocycles. The monoisotopic (exact) mass is 304 g/mol. The van der Waals surface area contributed by atoms with Gasteiger partial charge < -0.3 is 10.2 Å². The molecule has 0 aliphatic carbocycles. The summed E-state index contributed by atoms with van der Waals surface area (Å²) in [4.78, 5) is 13.6. The van der Waals surface area contributed by atoms with Crippen molar-refractivity contribution in [2.24, 2.45) is 0 Å². The zero-order valence-electron chi connectivity index (χ0n) is 11.3. The van der Waals surface area contributed by atoms with Crippen molar-refractivity contribution >= 4 is 11.7 Å². The quantitative estimate of drug-likeness (QED) is 0.773. The van der Waals surface area contributed by atoms with Gasteiger partial charge in [-0.15, -0.1) is 0 Å². The number of halogens is 4. The van der Waals surface area contributed by atoms with Crippen LogP contribution in [0, 0.1) is 5.82 Å². The highest BCUT2D eigenvalue weighted by Crippen LogP contribution is 2.33. The Morgan fingerprint density at radius 1 is 1.10 bits per heavy atom. The van der Waals surface area contributed by atoms with Gasteiger partial charge in [-0.05, 0) is 31.0 Å². The maximum Gasteiger partial charge on any atom is 0.419 e. The molecule has 0 unspecified atom stereocenters. The number of rotatable bonds is 1. The fraction of sp³-hybridized carbons (Fsp3) is 0.500. The number of nitrogens with zero attached hydrogens (tertiary/aromatic N) is 1. The van der Waals surface area contributed by atoms with Crippen molar-refractivity contribution in [1.29, 1.82) is 0 Å². The van der Waals surface area contributed by atoms with Crippen LogP contribution >= 0.6 is 0 Å². The molecule has 1 aromatic rings. The topological polar surface area (TPSA) is 32.3 Å². The third kappa shape index (κ3) is 4.09. The van der Waals surface area contributed by atoms with Gasteiger partial charge in [0.1, 0.15) is 5.82 Å². The first-order valence-corrected chi connectivity index (χ1v) is 6.80. The summed E-state index contributed by atoms with van der Waals surface area (Å²) in [5.41, 5.74) is -1.44. The van der Waals surface area contributed by atoms with Gasteiger partial charge in [0.2, 0.25) is 0 Å². The van der Waals surface area contributed by atoms with Crippen molar-refractivity contribution in [3.8, 4) is 0 Å². The average molecular weight is 304 g/mol. The van der Waals surface area contributed by atoms with E-state index in [2.05, 4.69) is 5.32 Å².